The second-order valence-corrected chi connectivity index (χ2v) is 6.50. The minimum atomic E-state index is 0.141. The van der Waals surface area contributed by atoms with Crippen LogP contribution < -0.4 is 4.74 Å². The van der Waals surface area contributed by atoms with Crippen molar-refractivity contribution < 1.29 is 4.74 Å². The predicted octanol–water partition coefficient (Wildman–Crippen LogP) is 3.92. The fourth-order valence-electron chi connectivity index (χ4n) is 3.91. The zero-order chi connectivity index (χ0) is 14.4. The summed E-state index contributed by atoms with van der Waals surface area (Å²) in [6.45, 7) is 4.27. The number of hydrogen-bond acceptors (Lipinski definition) is 2. The molecule has 2 heteroatoms. The molecule has 1 saturated heterocycles. The number of benzene rings is 2. The van der Waals surface area contributed by atoms with Crippen molar-refractivity contribution in [3.8, 4) is 16.9 Å². The van der Waals surface area contributed by atoms with Crippen LogP contribution in [0.3, 0.4) is 0 Å². The van der Waals surface area contributed by atoms with Crippen LogP contribution in [0.5, 0.6) is 5.75 Å². The Kier molecular flexibility index (Phi) is 2.83. The number of nitrogens with zero attached hydrogens (tertiary/aromatic N) is 1. The van der Waals surface area contributed by atoms with E-state index < -0.39 is 0 Å². The first-order chi connectivity index (χ1) is 10.2. The summed E-state index contributed by atoms with van der Waals surface area (Å²) in [4.78, 5) is 2.45. The van der Waals surface area contributed by atoms with E-state index in [1.54, 1.807) is 0 Å². The van der Waals surface area contributed by atoms with Crippen LogP contribution in [0.4, 0.5) is 0 Å². The lowest BCUT2D eigenvalue weighted by molar-refractivity contribution is 0.0841. The average molecular weight is 279 g/mol. The third-order valence-corrected chi connectivity index (χ3v) is 5.39. The Morgan fingerprint density at radius 3 is 2.71 bits per heavy atom. The van der Waals surface area contributed by atoms with E-state index in [4.69, 9.17) is 4.74 Å². The van der Waals surface area contributed by atoms with E-state index in [9.17, 15) is 0 Å². The summed E-state index contributed by atoms with van der Waals surface area (Å²) >= 11 is 0. The van der Waals surface area contributed by atoms with Crippen LogP contribution in [0.25, 0.3) is 11.1 Å². The normalized spacial score (nSPS) is 27.8. The highest BCUT2D eigenvalue weighted by atomic mass is 16.5. The number of likely N-dealkylation sites (tertiary alicyclic amines) is 1. The van der Waals surface area contributed by atoms with Gasteiger partial charge in [0.15, 0.2) is 0 Å². The van der Waals surface area contributed by atoms with Crippen molar-refractivity contribution in [2.24, 2.45) is 0 Å². The summed E-state index contributed by atoms with van der Waals surface area (Å²) in [5.41, 5.74) is 3.99. The van der Waals surface area contributed by atoms with Crippen molar-refractivity contribution in [1.82, 2.24) is 4.90 Å². The van der Waals surface area contributed by atoms with Crippen molar-refractivity contribution in [2.75, 3.05) is 20.2 Å². The van der Waals surface area contributed by atoms with Gasteiger partial charge in [-0.1, -0.05) is 48.5 Å². The number of likely N-dealkylation sites (N-methyl/N-ethyl adjacent to an activating group) is 1. The zero-order valence-corrected chi connectivity index (χ0v) is 12.7. The summed E-state index contributed by atoms with van der Waals surface area (Å²) in [6.07, 6.45) is 1.22. The molecule has 2 atom stereocenters. The lowest BCUT2D eigenvalue weighted by Gasteiger charge is -2.42. The Balaban J connectivity index is 1.85. The van der Waals surface area contributed by atoms with Gasteiger partial charge < -0.3 is 4.74 Å². The number of rotatable bonds is 1. The van der Waals surface area contributed by atoms with E-state index >= 15 is 0 Å². The molecule has 0 N–H and O–H groups in total. The maximum Gasteiger partial charge on any atom is 0.130 e. The van der Waals surface area contributed by atoms with Gasteiger partial charge in [0.05, 0.1) is 5.54 Å². The van der Waals surface area contributed by atoms with E-state index in [1.165, 1.54) is 23.1 Å². The molecule has 2 aromatic rings. The summed E-state index contributed by atoms with van der Waals surface area (Å²) < 4.78 is 6.25. The average Bonchev–Trinajstić information content (AvgIpc) is 2.83. The monoisotopic (exact) mass is 279 g/mol. The van der Waals surface area contributed by atoms with Crippen LogP contribution in [0.2, 0.25) is 0 Å². The van der Waals surface area contributed by atoms with Crippen molar-refractivity contribution >= 4 is 0 Å². The lowest BCUT2D eigenvalue weighted by atomic mass is 9.78. The van der Waals surface area contributed by atoms with Gasteiger partial charge >= 0.3 is 0 Å². The molecule has 0 unspecified atom stereocenters. The minimum Gasteiger partial charge on any atom is -0.491 e. The van der Waals surface area contributed by atoms with E-state index in [-0.39, 0.29) is 5.54 Å². The third-order valence-electron chi connectivity index (χ3n) is 5.39. The summed E-state index contributed by atoms with van der Waals surface area (Å²) in [6, 6.07) is 17.2. The minimum absolute atomic E-state index is 0.141. The topological polar surface area (TPSA) is 12.5 Å². The van der Waals surface area contributed by atoms with Crippen molar-refractivity contribution in [2.45, 2.75) is 24.8 Å². The van der Waals surface area contributed by atoms with Crippen LogP contribution >= 0.6 is 0 Å². The molecule has 2 aromatic carbocycles. The molecule has 0 aromatic heterocycles. The summed E-state index contributed by atoms with van der Waals surface area (Å²) in [7, 11) is 2.22. The SMILES string of the molecule is CN1CC[C@H]2c3cccc(-c4ccccc4)c3OC[C@]21C. The van der Waals surface area contributed by atoms with Gasteiger partial charge in [-0.05, 0) is 38.1 Å². The van der Waals surface area contributed by atoms with Crippen molar-refractivity contribution in [3.63, 3.8) is 0 Å². The highest BCUT2D eigenvalue weighted by Gasteiger charge is 2.48. The third kappa shape index (κ3) is 1.82. The molecule has 0 saturated carbocycles. The van der Waals surface area contributed by atoms with Gasteiger partial charge in [0, 0.05) is 11.5 Å². The largest absolute Gasteiger partial charge is 0.491 e. The predicted molar refractivity (Wildman–Crippen MR) is 85.8 cm³/mol. The van der Waals surface area contributed by atoms with E-state index in [0.717, 1.165) is 18.9 Å². The van der Waals surface area contributed by atoms with Gasteiger partial charge in [0.2, 0.25) is 0 Å². The quantitative estimate of drug-likeness (QED) is 0.784. The first-order valence-corrected chi connectivity index (χ1v) is 7.72. The maximum absolute atomic E-state index is 6.25. The second-order valence-electron chi connectivity index (χ2n) is 6.50. The highest BCUT2D eigenvalue weighted by molar-refractivity contribution is 5.73. The molecule has 0 radical (unpaired) electrons. The van der Waals surface area contributed by atoms with Gasteiger partial charge in [0.25, 0.3) is 0 Å². The highest BCUT2D eigenvalue weighted by Crippen LogP contribution is 2.50. The molecule has 0 spiro atoms. The molecule has 2 aliphatic rings. The summed E-state index contributed by atoms with van der Waals surface area (Å²) in [5, 5.41) is 0. The van der Waals surface area contributed by atoms with E-state index in [0.29, 0.717) is 5.92 Å². The Morgan fingerprint density at radius 2 is 1.90 bits per heavy atom. The fraction of sp³-hybridized carbons (Fsp3) is 0.368. The van der Waals surface area contributed by atoms with Gasteiger partial charge in [-0.15, -0.1) is 0 Å². The number of ether oxygens (including phenoxy) is 1. The fourth-order valence-corrected chi connectivity index (χ4v) is 3.91. The molecule has 2 heterocycles. The zero-order valence-electron chi connectivity index (χ0n) is 12.7. The van der Waals surface area contributed by atoms with Gasteiger partial charge in [-0.25, -0.2) is 0 Å². The maximum atomic E-state index is 6.25. The Labute approximate surface area is 126 Å². The summed E-state index contributed by atoms with van der Waals surface area (Å²) in [5.74, 6) is 1.68. The molecule has 1 fully saturated rings. The molecule has 0 aliphatic carbocycles. The van der Waals surface area contributed by atoms with Crippen LogP contribution in [0.15, 0.2) is 48.5 Å². The van der Waals surface area contributed by atoms with E-state index in [1.807, 2.05) is 0 Å². The number of fused-ring (bicyclic) bond motifs is 3. The molecular weight excluding hydrogens is 258 g/mol. The molecule has 21 heavy (non-hydrogen) atoms. The van der Waals surface area contributed by atoms with Gasteiger partial charge in [0.1, 0.15) is 12.4 Å². The second kappa shape index (κ2) is 4.60. The Bertz CT molecular complexity index is 667. The number of hydrogen-bond donors (Lipinski definition) is 0. The van der Waals surface area contributed by atoms with Crippen molar-refractivity contribution in [1.29, 1.82) is 0 Å². The molecule has 4 rings (SSSR count). The molecule has 2 nitrogen and oxygen atoms in total. The Morgan fingerprint density at radius 1 is 1.10 bits per heavy atom. The number of para-hydroxylation sites is 1. The van der Waals surface area contributed by atoms with Gasteiger partial charge in [-0.3, -0.25) is 4.90 Å². The van der Waals surface area contributed by atoms with Crippen LogP contribution in [-0.4, -0.2) is 30.6 Å². The molecule has 108 valence electrons. The smallest absolute Gasteiger partial charge is 0.130 e. The first-order valence-electron chi connectivity index (χ1n) is 7.72. The molecular formula is C19H21NO. The first kappa shape index (κ1) is 12.9. The Hall–Kier alpha value is -1.80. The van der Waals surface area contributed by atoms with Crippen molar-refractivity contribution in [3.05, 3.63) is 54.1 Å². The molecule has 0 amide bonds. The molecule has 2 aliphatic heterocycles. The standard InChI is InChI=1S/C19H21NO/c1-19-13-21-18-15(14-7-4-3-5-8-14)9-6-10-16(18)17(19)11-12-20(19)2/h3-10,17H,11-13H2,1-2H3/t17-,19+/m0/s1. The molecule has 0 bridgehead atoms. The van der Waals surface area contributed by atoms with Crippen LogP contribution in [0, 0.1) is 0 Å². The van der Waals surface area contributed by atoms with Crippen LogP contribution in [-0.2, 0) is 0 Å². The van der Waals surface area contributed by atoms with Gasteiger partial charge in [-0.2, -0.15) is 0 Å². The van der Waals surface area contributed by atoms with E-state index in [2.05, 4.69) is 67.4 Å². The lowest BCUT2D eigenvalue weighted by Crippen LogP contribution is -2.49. The van der Waals surface area contributed by atoms with Crippen LogP contribution in [0.1, 0.15) is 24.8 Å².